The van der Waals surface area contributed by atoms with Gasteiger partial charge < -0.3 is 15.0 Å². The van der Waals surface area contributed by atoms with Crippen molar-refractivity contribution in [3.63, 3.8) is 0 Å². The van der Waals surface area contributed by atoms with Gasteiger partial charge in [0.25, 0.3) is 0 Å². The number of benzene rings is 2. The van der Waals surface area contributed by atoms with E-state index < -0.39 is 0 Å². The van der Waals surface area contributed by atoms with E-state index in [1.807, 2.05) is 49.4 Å². The van der Waals surface area contributed by atoms with Crippen LogP contribution in [-0.4, -0.2) is 24.5 Å². The van der Waals surface area contributed by atoms with Crippen LogP contribution >= 0.6 is 11.6 Å². The largest absolute Gasteiger partial charge is 0.496 e. The van der Waals surface area contributed by atoms with E-state index in [4.69, 9.17) is 16.3 Å². The van der Waals surface area contributed by atoms with Crippen LogP contribution in [0.5, 0.6) is 5.75 Å². The molecule has 0 saturated carbocycles. The first-order valence-electron chi connectivity index (χ1n) is 8.24. The lowest BCUT2D eigenvalue weighted by Gasteiger charge is -2.09. The summed E-state index contributed by atoms with van der Waals surface area (Å²) in [5.41, 5.74) is 4.07. The molecule has 2 aromatic carbocycles. The molecular formula is C20H21ClN2O2. The number of carbonyl (C=O) groups is 1. The zero-order valence-electron chi connectivity index (χ0n) is 14.4. The Morgan fingerprint density at radius 3 is 2.84 bits per heavy atom. The summed E-state index contributed by atoms with van der Waals surface area (Å²) in [5, 5.41) is 4.66. The number of ether oxygens (including phenoxy) is 1. The number of aromatic amines is 1. The van der Waals surface area contributed by atoms with Crippen LogP contribution in [0.15, 0.2) is 42.5 Å². The quantitative estimate of drug-likeness (QED) is 0.700. The van der Waals surface area contributed by atoms with E-state index in [2.05, 4.69) is 10.3 Å². The molecule has 1 heterocycles. The molecule has 5 heteroatoms. The van der Waals surface area contributed by atoms with E-state index in [1.54, 1.807) is 7.11 Å². The Labute approximate surface area is 152 Å². The van der Waals surface area contributed by atoms with Crippen molar-refractivity contribution in [3.8, 4) is 5.75 Å². The highest BCUT2D eigenvalue weighted by atomic mass is 35.5. The molecule has 3 rings (SSSR count). The minimum Gasteiger partial charge on any atom is -0.496 e. The number of aromatic nitrogens is 1. The lowest BCUT2D eigenvalue weighted by Crippen LogP contribution is -2.27. The predicted molar refractivity (Wildman–Crippen MR) is 101 cm³/mol. The lowest BCUT2D eigenvalue weighted by molar-refractivity contribution is -0.120. The van der Waals surface area contributed by atoms with Gasteiger partial charge in [0.1, 0.15) is 5.75 Å². The Bertz CT molecular complexity index is 902. The fraction of sp³-hybridized carbons (Fsp3) is 0.250. The number of hydrogen-bond acceptors (Lipinski definition) is 2. The molecule has 0 radical (unpaired) electrons. The van der Waals surface area contributed by atoms with Gasteiger partial charge in [-0.3, -0.25) is 4.79 Å². The van der Waals surface area contributed by atoms with Gasteiger partial charge in [0.2, 0.25) is 5.91 Å². The summed E-state index contributed by atoms with van der Waals surface area (Å²) >= 11 is 6.09. The Hall–Kier alpha value is -2.46. The minimum atomic E-state index is -0.00104. The van der Waals surface area contributed by atoms with Crippen molar-refractivity contribution in [3.05, 3.63) is 64.3 Å². The number of carbonyl (C=O) groups excluding carboxylic acids is 1. The Morgan fingerprint density at radius 1 is 1.24 bits per heavy atom. The van der Waals surface area contributed by atoms with E-state index >= 15 is 0 Å². The predicted octanol–water partition coefficient (Wildman–Crippen LogP) is 4.04. The van der Waals surface area contributed by atoms with E-state index in [1.165, 1.54) is 0 Å². The molecule has 0 bridgehead atoms. The average molecular weight is 357 g/mol. The number of rotatable bonds is 6. The van der Waals surface area contributed by atoms with Crippen molar-refractivity contribution in [2.45, 2.75) is 19.8 Å². The van der Waals surface area contributed by atoms with Crippen molar-refractivity contribution >= 4 is 28.4 Å². The summed E-state index contributed by atoms with van der Waals surface area (Å²) in [6.45, 7) is 2.55. The minimum absolute atomic E-state index is 0.00104. The number of H-pyrrole nitrogens is 1. The lowest BCUT2D eigenvalue weighted by atomic mass is 10.1. The van der Waals surface area contributed by atoms with Crippen LogP contribution < -0.4 is 10.1 Å². The van der Waals surface area contributed by atoms with Crippen molar-refractivity contribution in [1.82, 2.24) is 10.3 Å². The van der Waals surface area contributed by atoms with E-state index in [0.717, 1.165) is 39.9 Å². The Morgan fingerprint density at radius 2 is 2.04 bits per heavy atom. The molecular weight excluding hydrogens is 336 g/mol. The maximum Gasteiger partial charge on any atom is 0.224 e. The van der Waals surface area contributed by atoms with Crippen LogP contribution in [0, 0.1) is 6.92 Å². The SMILES string of the molecule is COc1ccccc1CCNC(=O)Cc1c(C)[nH]c2ccc(Cl)cc12. The van der Waals surface area contributed by atoms with Crippen molar-refractivity contribution in [2.24, 2.45) is 0 Å². The molecule has 130 valence electrons. The summed E-state index contributed by atoms with van der Waals surface area (Å²) in [6, 6.07) is 13.5. The second-order valence-corrected chi connectivity index (χ2v) is 6.44. The third-order valence-electron chi connectivity index (χ3n) is 4.33. The van der Waals surface area contributed by atoms with Crippen LogP contribution in [0.25, 0.3) is 10.9 Å². The fourth-order valence-corrected chi connectivity index (χ4v) is 3.22. The van der Waals surface area contributed by atoms with E-state index in [0.29, 0.717) is 18.0 Å². The second kappa shape index (κ2) is 7.62. The third-order valence-corrected chi connectivity index (χ3v) is 4.56. The number of fused-ring (bicyclic) bond motifs is 1. The first kappa shape index (κ1) is 17.4. The number of halogens is 1. The molecule has 3 aromatic rings. The van der Waals surface area contributed by atoms with Gasteiger partial charge in [0, 0.05) is 28.2 Å². The molecule has 0 aliphatic carbocycles. The number of hydrogen-bond donors (Lipinski definition) is 2. The summed E-state index contributed by atoms with van der Waals surface area (Å²) in [7, 11) is 1.66. The summed E-state index contributed by atoms with van der Waals surface area (Å²) in [4.78, 5) is 15.6. The van der Waals surface area contributed by atoms with Gasteiger partial charge in [-0.05, 0) is 48.7 Å². The first-order chi connectivity index (χ1) is 12.1. The van der Waals surface area contributed by atoms with Crippen molar-refractivity contribution in [2.75, 3.05) is 13.7 Å². The molecule has 0 atom stereocenters. The Kier molecular flexibility index (Phi) is 5.29. The maximum absolute atomic E-state index is 12.3. The van der Waals surface area contributed by atoms with Gasteiger partial charge in [0.05, 0.1) is 13.5 Å². The number of nitrogens with one attached hydrogen (secondary N) is 2. The monoisotopic (exact) mass is 356 g/mol. The van der Waals surface area contributed by atoms with Crippen LogP contribution in [0.3, 0.4) is 0 Å². The number of para-hydroxylation sites is 1. The molecule has 0 aliphatic rings. The van der Waals surface area contributed by atoms with Crippen LogP contribution in [-0.2, 0) is 17.6 Å². The van der Waals surface area contributed by atoms with Gasteiger partial charge in [-0.15, -0.1) is 0 Å². The highest BCUT2D eigenvalue weighted by molar-refractivity contribution is 6.31. The van der Waals surface area contributed by atoms with E-state index in [9.17, 15) is 4.79 Å². The van der Waals surface area contributed by atoms with Gasteiger partial charge >= 0.3 is 0 Å². The molecule has 0 spiro atoms. The molecule has 0 unspecified atom stereocenters. The normalized spacial score (nSPS) is 10.8. The smallest absolute Gasteiger partial charge is 0.224 e. The van der Waals surface area contributed by atoms with E-state index in [-0.39, 0.29) is 5.91 Å². The van der Waals surface area contributed by atoms with Gasteiger partial charge in [-0.25, -0.2) is 0 Å². The van der Waals surface area contributed by atoms with Crippen molar-refractivity contribution in [1.29, 1.82) is 0 Å². The Balaban J connectivity index is 1.63. The summed E-state index contributed by atoms with van der Waals surface area (Å²) in [5.74, 6) is 0.845. The van der Waals surface area contributed by atoms with Gasteiger partial charge in [-0.2, -0.15) is 0 Å². The summed E-state index contributed by atoms with van der Waals surface area (Å²) in [6.07, 6.45) is 1.06. The average Bonchev–Trinajstić information content (AvgIpc) is 2.90. The molecule has 0 saturated heterocycles. The molecule has 4 nitrogen and oxygen atoms in total. The zero-order chi connectivity index (χ0) is 17.8. The van der Waals surface area contributed by atoms with Crippen LogP contribution in [0.2, 0.25) is 5.02 Å². The topological polar surface area (TPSA) is 54.1 Å². The third kappa shape index (κ3) is 3.97. The molecule has 0 fully saturated rings. The van der Waals surface area contributed by atoms with Gasteiger partial charge in [-0.1, -0.05) is 29.8 Å². The molecule has 0 aliphatic heterocycles. The van der Waals surface area contributed by atoms with Crippen molar-refractivity contribution < 1.29 is 9.53 Å². The van der Waals surface area contributed by atoms with Gasteiger partial charge in [0.15, 0.2) is 0 Å². The first-order valence-corrected chi connectivity index (χ1v) is 8.61. The number of methoxy groups -OCH3 is 1. The number of amides is 1. The van der Waals surface area contributed by atoms with Crippen LogP contribution in [0.4, 0.5) is 0 Å². The molecule has 25 heavy (non-hydrogen) atoms. The second-order valence-electron chi connectivity index (χ2n) is 6.01. The van der Waals surface area contributed by atoms with Crippen LogP contribution in [0.1, 0.15) is 16.8 Å². The highest BCUT2D eigenvalue weighted by Gasteiger charge is 2.13. The molecule has 1 aromatic heterocycles. The number of aryl methyl sites for hydroxylation is 1. The molecule has 2 N–H and O–H groups in total. The zero-order valence-corrected chi connectivity index (χ0v) is 15.1. The maximum atomic E-state index is 12.3. The summed E-state index contributed by atoms with van der Waals surface area (Å²) < 4.78 is 5.33. The highest BCUT2D eigenvalue weighted by Crippen LogP contribution is 2.25. The molecule has 1 amide bonds. The standard InChI is InChI=1S/C20H21ClN2O2/c1-13-16(17-11-15(21)7-8-18(17)23-13)12-20(24)22-10-9-14-5-3-4-6-19(14)25-2/h3-8,11,23H,9-10,12H2,1-2H3,(H,22,24). The fourth-order valence-electron chi connectivity index (χ4n) is 3.05.